The Bertz CT molecular complexity index is 2330. The van der Waals surface area contributed by atoms with Crippen LogP contribution in [0.5, 0.6) is 5.75 Å². The molecule has 0 saturated carbocycles. The van der Waals surface area contributed by atoms with Crippen molar-refractivity contribution >= 4 is 64.7 Å². The van der Waals surface area contributed by atoms with Crippen LogP contribution in [-0.2, 0) is 30.4 Å². The van der Waals surface area contributed by atoms with Gasteiger partial charge in [0.25, 0.3) is 10.1 Å². The minimum Gasteiger partial charge on any atom is -0.870 e. The summed E-state index contributed by atoms with van der Waals surface area (Å²) in [6, 6.07) is 11.9. The van der Waals surface area contributed by atoms with Gasteiger partial charge in [0, 0.05) is 16.8 Å². The Kier molecular flexibility index (Phi) is 13.6. The zero-order valence-corrected chi connectivity index (χ0v) is 34.4. The van der Waals surface area contributed by atoms with E-state index in [1.807, 2.05) is 0 Å². The van der Waals surface area contributed by atoms with Crippen molar-refractivity contribution in [2.45, 2.75) is 28.5 Å². The van der Waals surface area contributed by atoms with Gasteiger partial charge in [-0.15, -0.1) is 0 Å². The van der Waals surface area contributed by atoms with E-state index in [1.54, 1.807) is 0 Å². The molecule has 0 amide bonds. The maximum Gasteiger partial charge on any atom is 1.00 e. The molecule has 1 aliphatic rings. The molecule has 4 aromatic carbocycles. The van der Waals surface area contributed by atoms with E-state index in [0.29, 0.717) is 11.1 Å². The molecular weight excluding hydrogens is 721 g/mol. The Morgan fingerprint density at radius 2 is 1.00 bits per heavy atom. The number of anilines is 4. The number of hydrogen-bond donors (Lipinski definition) is 3. The minimum atomic E-state index is -5.64. The number of ketones is 2. The van der Waals surface area contributed by atoms with Gasteiger partial charge >= 0.3 is 88.7 Å². The first kappa shape index (κ1) is 42.5. The number of fused-ring (bicyclic) bond motifs is 2. The third-order valence-corrected chi connectivity index (χ3v) is 9.53. The fourth-order valence-corrected chi connectivity index (χ4v) is 7.12. The normalized spacial score (nSPS) is 12.4. The van der Waals surface area contributed by atoms with Crippen LogP contribution in [0.3, 0.4) is 0 Å². The number of rotatable bonds is 7. The Morgan fingerprint density at radius 3 is 1.38 bits per heavy atom. The van der Waals surface area contributed by atoms with Crippen molar-refractivity contribution in [2.75, 3.05) is 10.6 Å². The summed E-state index contributed by atoms with van der Waals surface area (Å²) in [6.45, 7) is 2.90. The average Bonchev–Trinajstić information content (AvgIpc) is 2.93. The van der Waals surface area contributed by atoms with Gasteiger partial charge in [0.15, 0.2) is 11.6 Å². The number of aryl methyl sites for hydroxylation is 2. The van der Waals surface area contributed by atoms with E-state index >= 15 is 0 Å². The first-order chi connectivity index (χ1) is 20.8. The van der Waals surface area contributed by atoms with Gasteiger partial charge in [-0.05, 0) is 49.2 Å². The van der Waals surface area contributed by atoms with Crippen molar-refractivity contribution in [1.29, 1.82) is 0 Å². The molecule has 5 rings (SSSR count). The first-order valence-corrected chi connectivity index (χ1v) is 16.8. The van der Waals surface area contributed by atoms with Crippen LogP contribution in [0.25, 0.3) is 0 Å². The van der Waals surface area contributed by atoms with Gasteiger partial charge < -0.3 is 24.8 Å². The third kappa shape index (κ3) is 8.11. The van der Waals surface area contributed by atoms with Crippen LogP contribution in [-0.4, -0.2) is 50.5 Å². The quantitative estimate of drug-likeness (QED) is 0.104. The van der Waals surface area contributed by atoms with Gasteiger partial charge in [-0.3, -0.25) is 14.1 Å². The van der Waals surface area contributed by atoms with Crippen molar-refractivity contribution in [3.63, 3.8) is 0 Å². The van der Waals surface area contributed by atoms with Crippen molar-refractivity contribution in [2.24, 2.45) is 0 Å². The van der Waals surface area contributed by atoms with Crippen LogP contribution >= 0.6 is 0 Å². The Morgan fingerprint density at radius 1 is 0.625 bits per heavy atom. The van der Waals surface area contributed by atoms with Crippen molar-refractivity contribution in [3.8, 4) is 5.75 Å². The van der Waals surface area contributed by atoms with Crippen LogP contribution in [0, 0.1) is 13.8 Å². The maximum atomic E-state index is 13.9. The summed E-state index contributed by atoms with van der Waals surface area (Å²) in [5, 5.41) is 18.5. The molecule has 0 aliphatic heterocycles. The standard InChI is InChI=1S/C28H22N2O12S3.3Na/c1-13-7-9-17(19(11-13)43(34,35)36)29-23-21-22(26(32)16-6-4-3-5-15(16)25(21)31)24(28(27(23)33)45(40,41)42)30-18-10-8-14(2)12-20(18)44(37,38)39;;;/h3-12,29-30,33H,1-2H3,(H,34,35,36)(H,37,38,39)(H,40,41,42);;;/q;3*+1/p-3. The van der Waals surface area contributed by atoms with Crippen LogP contribution in [0.4, 0.5) is 22.7 Å². The zero-order chi connectivity index (χ0) is 33.2. The monoisotopic (exact) mass is 740 g/mol. The molecule has 0 atom stereocenters. The van der Waals surface area contributed by atoms with Gasteiger partial charge in [0.2, 0.25) is 0 Å². The minimum absolute atomic E-state index is 0. The van der Waals surface area contributed by atoms with Crippen LogP contribution in [0.2, 0.25) is 0 Å². The second-order valence-corrected chi connectivity index (χ2v) is 14.0. The maximum absolute atomic E-state index is 13.9. The van der Waals surface area contributed by atoms with E-state index in [0.717, 1.165) is 24.3 Å². The van der Waals surface area contributed by atoms with E-state index in [4.69, 9.17) is 0 Å². The predicted octanol–water partition coefficient (Wildman–Crippen LogP) is -6.29. The molecule has 0 bridgehead atoms. The molecule has 14 nitrogen and oxygen atoms in total. The van der Waals surface area contributed by atoms with E-state index in [2.05, 4.69) is 10.6 Å². The number of carbonyl (C=O) groups is 2. The van der Waals surface area contributed by atoms with Crippen LogP contribution in [0.15, 0.2) is 75.4 Å². The molecule has 0 radical (unpaired) electrons. The Balaban J connectivity index is 0.00000267. The summed E-state index contributed by atoms with van der Waals surface area (Å²) >= 11 is 0. The third-order valence-electron chi connectivity index (χ3n) is 6.87. The van der Waals surface area contributed by atoms with Crippen LogP contribution < -0.4 is 104 Å². The number of nitrogens with one attached hydrogen (secondary N) is 2. The topological polar surface area (TPSA) is 250 Å². The van der Waals surface area contributed by atoms with E-state index in [-0.39, 0.29) is 99.8 Å². The summed E-state index contributed by atoms with van der Waals surface area (Å²) < 4.78 is 108. The van der Waals surface area contributed by atoms with Gasteiger partial charge in [-0.2, -0.15) is 8.42 Å². The Labute approximate surface area is 341 Å². The molecule has 0 aromatic heterocycles. The fraction of sp³-hybridized carbons (Fsp3) is 0.0714. The molecule has 3 N–H and O–H groups in total. The van der Waals surface area contributed by atoms with Crippen molar-refractivity contribution in [3.05, 3.63) is 94.0 Å². The number of hydrogen-bond acceptors (Lipinski definition) is 13. The molecule has 0 saturated heterocycles. The van der Waals surface area contributed by atoms with E-state index in [1.165, 1.54) is 50.2 Å². The summed E-state index contributed by atoms with van der Waals surface area (Å²) in [5.41, 5.74) is -4.68. The van der Waals surface area contributed by atoms with E-state index < -0.39 is 96.2 Å². The van der Waals surface area contributed by atoms with Gasteiger partial charge in [0.05, 0.1) is 38.0 Å². The predicted molar refractivity (Wildman–Crippen MR) is 154 cm³/mol. The molecule has 0 heterocycles. The second kappa shape index (κ2) is 15.3. The average molecular weight is 741 g/mol. The summed E-state index contributed by atoms with van der Waals surface area (Å²) in [5.74, 6) is -3.74. The zero-order valence-electron chi connectivity index (χ0n) is 25.9. The molecule has 20 heteroatoms. The summed E-state index contributed by atoms with van der Waals surface area (Å²) in [6.07, 6.45) is 0. The molecular formula is C28H19N2Na3O12S3. The summed E-state index contributed by atoms with van der Waals surface area (Å²) in [4.78, 5) is 24.5. The summed E-state index contributed by atoms with van der Waals surface area (Å²) in [7, 11) is -16.1. The van der Waals surface area contributed by atoms with Gasteiger partial charge in [-0.1, -0.05) is 42.1 Å². The van der Waals surface area contributed by atoms with Crippen molar-refractivity contribution in [1.82, 2.24) is 0 Å². The number of benzene rings is 4. The molecule has 234 valence electrons. The van der Waals surface area contributed by atoms with Crippen LogP contribution in [0.1, 0.15) is 43.0 Å². The SMILES string of the molecule is Cc1ccc(Nc2c([O-])c(S(=O)(=O)O)c(Nc3ccc(C)cc3S(=O)(=O)[O-])c3c2C(=O)c2ccccc2C3=O)c(S(=O)(=O)[O-])c1.[Na+].[Na+].[Na+]. The molecule has 1 aliphatic carbocycles. The van der Waals surface area contributed by atoms with Gasteiger partial charge in [0.1, 0.15) is 25.1 Å². The number of carbonyl (C=O) groups excluding carboxylic acids is 2. The molecule has 0 unspecified atom stereocenters. The van der Waals surface area contributed by atoms with E-state index in [9.17, 15) is 53.6 Å². The fourth-order valence-electron chi connectivity index (χ4n) is 4.94. The first-order valence-electron chi connectivity index (χ1n) is 12.5. The Hall–Kier alpha value is -1.65. The van der Waals surface area contributed by atoms with Crippen molar-refractivity contribution < 1.29 is 142 Å². The molecule has 0 fully saturated rings. The molecule has 48 heavy (non-hydrogen) atoms. The van der Waals surface area contributed by atoms with Gasteiger partial charge in [-0.25, -0.2) is 16.8 Å². The smallest absolute Gasteiger partial charge is 0.870 e. The second-order valence-electron chi connectivity index (χ2n) is 9.99. The molecule has 4 aromatic rings. The molecule has 0 spiro atoms. The largest absolute Gasteiger partial charge is 1.00 e.